The summed E-state index contributed by atoms with van der Waals surface area (Å²) in [4.78, 5) is 21.0. The maximum atomic E-state index is 10.5. The van der Waals surface area contributed by atoms with Crippen LogP contribution in [-0.4, -0.2) is 5.11 Å². The second-order valence-electron chi connectivity index (χ2n) is 6.77. The van der Waals surface area contributed by atoms with Crippen LogP contribution in [0.1, 0.15) is 87.8 Å². The number of unbranched alkanes of at least 4 members (excludes halogenated alkanes) is 9. The normalized spacial score (nSPS) is 10.8. The van der Waals surface area contributed by atoms with Gasteiger partial charge in [-0.15, -0.1) is 0 Å². The van der Waals surface area contributed by atoms with Gasteiger partial charge in [0.2, 0.25) is 0 Å². The minimum absolute atomic E-state index is 0.0222. The highest BCUT2D eigenvalue weighted by atomic mass is 16.3. The number of benzene rings is 1. The van der Waals surface area contributed by atoms with Gasteiger partial charge in [0.25, 0.3) is 0 Å². The van der Waals surface area contributed by atoms with Gasteiger partial charge in [-0.3, -0.25) is 0 Å². The molecule has 0 aliphatic carbocycles. The summed E-state index contributed by atoms with van der Waals surface area (Å²) in [6, 6.07) is 3.64. The van der Waals surface area contributed by atoms with Crippen LogP contribution < -0.4 is 0 Å². The zero-order valence-corrected chi connectivity index (χ0v) is 15.5. The van der Waals surface area contributed by atoms with Gasteiger partial charge in [0.1, 0.15) is 18.8 Å². The maximum Gasteiger partial charge on any atom is 0.125 e. The van der Waals surface area contributed by atoms with Crippen LogP contribution in [0.25, 0.3) is 0 Å². The number of aryl methyl sites for hydroxylation is 1. The maximum absolute atomic E-state index is 10.5. The highest BCUT2D eigenvalue weighted by molar-refractivity contribution is 5.44. The van der Waals surface area contributed by atoms with Crippen molar-refractivity contribution in [2.24, 2.45) is 10.4 Å². The molecule has 0 spiro atoms. The first-order valence-electron chi connectivity index (χ1n) is 9.64. The van der Waals surface area contributed by atoms with Crippen molar-refractivity contribution in [1.29, 1.82) is 0 Å². The monoisotopic (exact) mass is 348 g/mol. The summed E-state index contributed by atoms with van der Waals surface area (Å²) >= 11 is 0. The van der Waals surface area contributed by atoms with Gasteiger partial charge in [0, 0.05) is 11.1 Å². The highest BCUT2D eigenvalue weighted by Gasteiger charge is 2.10. The second kappa shape index (κ2) is 13.5. The molecule has 0 atom stereocenters. The summed E-state index contributed by atoms with van der Waals surface area (Å²) in [5, 5.41) is 15.7. The molecule has 0 radical (unpaired) electrons. The number of hydrogen-bond acceptors (Lipinski definition) is 5. The molecule has 0 aromatic heterocycles. The molecular formula is C20H32N2O3. The molecule has 140 valence electrons. The fraction of sp³-hybridized carbons (Fsp3) is 0.700. The van der Waals surface area contributed by atoms with Gasteiger partial charge in [0.15, 0.2) is 0 Å². The van der Waals surface area contributed by atoms with E-state index in [4.69, 9.17) is 0 Å². The van der Waals surface area contributed by atoms with E-state index in [1.165, 1.54) is 57.8 Å². The van der Waals surface area contributed by atoms with Crippen molar-refractivity contribution in [3.63, 3.8) is 0 Å². The molecule has 1 aromatic rings. The Labute approximate surface area is 151 Å². The Morgan fingerprint density at radius 3 is 1.64 bits per heavy atom. The number of phenols is 1. The summed E-state index contributed by atoms with van der Waals surface area (Å²) in [6.07, 6.45) is 13.7. The predicted octanol–water partition coefficient (Wildman–Crippen LogP) is 6.39. The largest absolute Gasteiger partial charge is 0.507 e. The van der Waals surface area contributed by atoms with E-state index in [1.807, 2.05) is 12.1 Å². The van der Waals surface area contributed by atoms with Crippen LogP contribution in [0.5, 0.6) is 5.75 Å². The lowest BCUT2D eigenvalue weighted by Gasteiger charge is -2.10. The van der Waals surface area contributed by atoms with E-state index in [2.05, 4.69) is 17.3 Å². The molecule has 0 heterocycles. The molecule has 5 heteroatoms. The zero-order valence-electron chi connectivity index (χ0n) is 15.5. The van der Waals surface area contributed by atoms with Gasteiger partial charge in [-0.2, -0.15) is 9.81 Å². The van der Waals surface area contributed by atoms with E-state index >= 15 is 0 Å². The van der Waals surface area contributed by atoms with Crippen molar-refractivity contribution < 1.29 is 5.11 Å². The van der Waals surface area contributed by atoms with Crippen LogP contribution in [0.2, 0.25) is 0 Å². The number of hydrogen-bond donors (Lipinski definition) is 1. The summed E-state index contributed by atoms with van der Waals surface area (Å²) in [5.74, 6) is -0.0222. The smallest absolute Gasteiger partial charge is 0.125 e. The van der Waals surface area contributed by atoms with Gasteiger partial charge in [-0.1, -0.05) is 87.2 Å². The standard InChI is InChI=1S/C20H32N2O3/c1-2-3-4-5-6-7-8-9-10-11-12-17-13-18(15-21-24)20(23)19(14-17)16-22-25/h13-14,23H,2-12,15-16H2,1H3. The molecule has 0 saturated carbocycles. The zero-order chi connectivity index (χ0) is 18.3. The van der Waals surface area contributed by atoms with Crippen LogP contribution in [-0.2, 0) is 19.5 Å². The van der Waals surface area contributed by atoms with Crippen molar-refractivity contribution in [3.8, 4) is 5.75 Å². The van der Waals surface area contributed by atoms with Crippen LogP contribution >= 0.6 is 0 Å². The fourth-order valence-electron chi connectivity index (χ4n) is 3.17. The molecule has 0 amide bonds. The molecule has 1 rings (SSSR count). The van der Waals surface area contributed by atoms with E-state index in [-0.39, 0.29) is 18.8 Å². The lowest BCUT2D eigenvalue weighted by Crippen LogP contribution is -1.95. The van der Waals surface area contributed by atoms with E-state index in [0.29, 0.717) is 11.1 Å². The van der Waals surface area contributed by atoms with Crippen molar-refractivity contribution in [2.75, 3.05) is 0 Å². The molecule has 0 unspecified atom stereocenters. The number of rotatable bonds is 15. The Bertz CT molecular complexity index is 487. The van der Waals surface area contributed by atoms with Gasteiger partial charge in [-0.05, 0) is 18.4 Å². The van der Waals surface area contributed by atoms with Crippen LogP contribution in [0.15, 0.2) is 22.5 Å². The van der Waals surface area contributed by atoms with Crippen molar-refractivity contribution >= 4 is 0 Å². The van der Waals surface area contributed by atoms with Crippen LogP contribution in [0.4, 0.5) is 0 Å². The minimum Gasteiger partial charge on any atom is -0.507 e. The quantitative estimate of drug-likeness (QED) is 0.294. The van der Waals surface area contributed by atoms with Crippen molar-refractivity contribution in [1.82, 2.24) is 0 Å². The third-order valence-electron chi connectivity index (χ3n) is 4.62. The number of nitrogens with zero attached hydrogens (tertiary/aromatic N) is 2. The molecule has 0 aliphatic rings. The third-order valence-corrected chi connectivity index (χ3v) is 4.62. The number of aromatic hydroxyl groups is 1. The van der Waals surface area contributed by atoms with Gasteiger partial charge in [0.05, 0.1) is 0 Å². The lowest BCUT2D eigenvalue weighted by atomic mass is 9.99. The third kappa shape index (κ3) is 8.75. The van der Waals surface area contributed by atoms with E-state index in [1.54, 1.807) is 0 Å². The Morgan fingerprint density at radius 2 is 1.20 bits per heavy atom. The number of nitroso groups, excluding NO2 is 2. The summed E-state index contributed by atoms with van der Waals surface area (Å²) in [7, 11) is 0. The average Bonchev–Trinajstić information content (AvgIpc) is 2.61. The van der Waals surface area contributed by atoms with E-state index in [0.717, 1.165) is 18.4 Å². The van der Waals surface area contributed by atoms with Gasteiger partial charge >= 0.3 is 0 Å². The Hall–Kier alpha value is -1.78. The first-order valence-corrected chi connectivity index (χ1v) is 9.64. The molecule has 5 nitrogen and oxygen atoms in total. The molecule has 0 aliphatic heterocycles. The lowest BCUT2D eigenvalue weighted by molar-refractivity contribution is 0.461. The molecule has 0 bridgehead atoms. The van der Waals surface area contributed by atoms with Gasteiger partial charge < -0.3 is 5.11 Å². The van der Waals surface area contributed by atoms with Crippen molar-refractivity contribution in [2.45, 2.75) is 90.6 Å². The average molecular weight is 348 g/mol. The number of phenolic OH excluding ortho intramolecular Hbond substituents is 1. The van der Waals surface area contributed by atoms with Crippen LogP contribution in [0.3, 0.4) is 0 Å². The Balaban J connectivity index is 2.32. The molecule has 25 heavy (non-hydrogen) atoms. The first-order chi connectivity index (χ1) is 12.2. The van der Waals surface area contributed by atoms with E-state index in [9.17, 15) is 14.9 Å². The highest BCUT2D eigenvalue weighted by Crippen LogP contribution is 2.27. The molecule has 0 saturated heterocycles. The van der Waals surface area contributed by atoms with Crippen LogP contribution in [0, 0.1) is 9.81 Å². The summed E-state index contributed by atoms with van der Waals surface area (Å²) in [5.41, 5.74) is 2.01. The molecular weight excluding hydrogens is 316 g/mol. The Morgan fingerprint density at radius 1 is 0.760 bits per heavy atom. The first kappa shape index (κ1) is 21.3. The van der Waals surface area contributed by atoms with Crippen molar-refractivity contribution in [3.05, 3.63) is 38.6 Å². The molecule has 1 N–H and O–H groups in total. The molecule has 1 aromatic carbocycles. The SMILES string of the molecule is CCCCCCCCCCCCc1cc(CN=O)c(O)c(CN=O)c1. The topological polar surface area (TPSA) is 79.1 Å². The summed E-state index contributed by atoms with van der Waals surface area (Å²) in [6.45, 7) is 2.08. The predicted molar refractivity (Wildman–Crippen MR) is 103 cm³/mol. The van der Waals surface area contributed by atoms with E-state index < -0.39 is 0 Å². The summed E-state index contributed by atoms with van der Waals surface area (Å²) < 4.78 is 0. The minimum atomic E-state index is -0.0798. The van der Waals surface area contributed by atoms with Gasteiger partial charge in [-0.25, -0.2) is 0 Å². The Kier molecular flexibility index (Phi) is 11.5. The second-order valence-corrected chi connectivity index (χ2v) is 6.77. The molecule has 0 fully saturated rings. The fourth-order valence-corrected chi connectivity index (χ4v) is 3.17.